The first kappa shape index (κ1) is 35.0. The van der Waals surface area contributed by atoms with Crippen LogP contribution in [0, 0.1) is 0 Å². The van der Waals surface area contributed by atoms with Crippen LogP contribution in [0.5, 0.6) is 0 Å². The fourth-order valence-electron chi connectivity index (χ4n) is 10.2. The average molecular weight is 754 g/mol. The zero-order valence-corrected chi connectivity index (χ0v) is 33.3. The van der Waals surface area contributed by atoms with E-state index in [0.29, 0.717) is 0 Å². The first-order chi connectivity index (χ1) is 29.0. The number of fused-ring (bicyclic) bond motifs is 6. The molecule has 9 aromatic rings. The number of hydrogen-bond acceptors (Lipinski definition) is 1. The van der Waals surface area contributed by atoms with Crippen molar-refractivity contribution < 1.29 is 0 Å². The Hall–Kier alpha value is -7.22. The lowest BCUT2D eigenvalue weighted by molar-refractivity contribution is 0.660. The van der Waals surface area contributed by atoms with Gasteiger partial charge in [-0.15, -0.1) is 0 Å². The summed E-state index contributed by atoms with van der Waals surface area (Å²) in [5.41, 5.74) is 20.8. The van der Waals surface area contributed by atoms with Gasteiger partial charge in [0.2, 0.25) is 0 Å². The number of para-hydroxylation sites is 1. The minimum absolute atomic E-state index is 0.121. The molecular weight excluding hydrogens is 711 g/mol. The number of benzene rings is 9. The topological polar surface area (TPSA) is 3.24 Å². The molecule has 0 radical (unpaired) electrons. The highest BCUT2D eigenvalue weighted by Crippen LogP contribution is 2.57. The molecule has 0 spiro atoms. The molecule has 11 rings (SSSR count). The van der Waals surface area contributed by atoms with Gasteiger partial charge in [-0.25, -0.2) is 0 Å². The largest absolute Gasteiger partial charge is 0.310 e. The van der Waals surface area contributed by atoms with Gasteiger partial charge < -0.3 is 4.90 Å². The molecule has 59 heavy (non-hydrogen) atoms. The van der Waals surface area contributed by atoms with Crippen LogP contribution in [0.3, 0.4) is 0 Å². The molecule has 0 aromatic heterocycles. The third-order valence-electron chi connectivity index (χ3n) is 13.0. The number of nitrogens with zero attached hydrogens (tertiary/aromatic N) is 1. The Morgan fingerprint density at radius 1 is 0.305 bits per heavy atom. The summed E-state index contributed by atoms with van der Waals surface area (Å²) in [4.78, 5) is 2.46. The van der Waals surface area contributed by atoms with Crippen molar-refractivity contribution in [3.8, 4) is 44.5 Å². The molecule has 0 N–H and O–H groups in total. The number of rotatable bonds is 7. The SMILES string of the molecule is CC1(C)c2ccccc2-c2ccc(N(c3cccc(-c4ccc5c(c4)-c4ccccc4C5(c4ccccc4)c4ccccc4)c3)c3ccccc3-c3ccccc3)cc21. The second kappa shape index (κ2) is 13.7. The summed E-state index contributed by atoms with van der Waals surface area (Å²) in [6, 6.07) is 82.9. The second-order valence-electron chi connectivity index (χ2n) is 16.5. The highest BCUT2D eigenvalue weighted by molar-refractivity contribution is 5.93. The van der Waals surface area contributed by atoms with Crippen molar-refractivity contribution in [2.45, 2.75) is 24.7 Å². The van der Waals surface area contributed by atoms with Crippen LogP contribution in [0.25, 0.3) is 44.5 Å². The molecule has 2 aliphatic carbocycles. The predicted molar refractivity (Wildman–Crippen MR) is 247 cm³/mol. The van der Waals surface area contributed by atoms with E-state index in [0.717, 1.165) is 17.1 Å². The summed E-state index contributed by atoms with van der Waals surface area (Å²) in [5.74, 6) is 0. The molecule has 0 unspecified atom stereocenters. The van der Waals surface area contributed by atoms with Crippen LogP contribution in [-0.2, 0) is 10.8 Å². The van der Waals surface area contributed by atoms with Gasteiger partial charge in [0.25, 0.3) is 0 Å². The van der Waals surface area contributed by atoms with E-state index in [1.54, 1.807) is 0 Å². The van der Waals surface area contributed by atoms with Crippen LogP contribution in [0.1, 0.15) is 47.2 Å². The minimum atomic E-state index is -0.423. The molecule has 0 heterocycles. The van der Waals surface area contributed by atoms with E-state index in [4.69, 9.17) is 0 Å². The van der Waals surface area contributed by atoms with Gasteiger partial charge in [-0.2, -0.15) is 0 Å². The molecule has 0 aliphatic heterocycles. The fourth-order valence-corrected chi connectivity index (χ4v) is 10.2. The third kappa shape index (κ3) is 5.39. The monoisotopic (exact) mass is 753 g/mol. The normalized spacial score (nSPS) is 13.9. The average Bonchev–Trinajstić information content (AvgIpc) is 3.73. The van der Waals surface area contributed by atoms with Gasteiger partial charge in [-0.3, -0.25) is 0 Å². The maximum absolute atomic E-state index is 2.46. The molecule has 0 amide bonds. The van der Waals surface area contributed by atoms with Gasteiger partial charge in [0.05, 0.1) is 11.1 Å². The molecule has 1 nitrogen and oxygen atoms in total. The zero-order valence-electron chi connectivity index (χ0n) is 33.3. The van der Waals surface area contributed by atoms with Gasteiger partial charge in [-0.1, -0.05) is 202 Å². The molecule has 1 heteroatoms. The van der Waals surface area contributed by atoms with Crippen molar-refractivity contribution in [2.75, 3.05) is 4.90 Å². The van der Waals surface area contributed by atoms with Gasteiger partial charge in [0.15, 0.2) is 0 Å². The highest BCUT2D eigenvalue weighted by atomic mass is 15.1. The predicted octanol–water partition coefficient (Wildman–Crippen LogP) is 15.2. The molecule has 0 bridgehead atoms. The van der Waals surface area contributed by atoms with Crippen LogP contribution in [0.4, 0.5) is 17.1 Å². The summed E-state index contributed by atoms with van der Waals surface area (Å²) < 4.78 is 0. The zero-order chi connectivity index (χ0) is 39.6. The van der Waals surface area contributed by atoms with Crippen molar-refractivity contribution in [1.29, 1.82) is 0 Å². The lowest BCUT2D eigenvalue weighted by Gasteiger charge is -2.33. The summed E-state index contributed by atoms with van der Waals surface area (Å²) >= 11 is 0. The molecule has 2 aliphatic rings. The summed E-state index contributed by atoms with van der Waals surface area (Å²) in [7, 11) is 0. The maximum Gasteiger partial charge on any atom is 0.0713 e. The van der Waals surface area contributed by atoms with Gasteiger partial charge >= 0.3 is 0 Å². The lowest BCUT2D eigenvalue weighted by atomic mass is 9.67. The molecule has 280 valence electrons. The van der Waals surface area contributed by atoms with Crippen molar-refractivity contribution in [3.05, 3.63) is 258 Å². The number of anilines is 3. The smallest absolute Gasteiger partial charge is 0.0713 e. The Morgan fingerprint density at radius 2 is 0.814 bits per heavy atom. The van der Waals surface area contributed by atoms with Gasteiger partial charge in [-0.05, 0) is 109 Å². The van der Waals surface area contributed by atoms with E-state index in [2.05, 4.69) is 243 Å². The lowest BCUT2D eigenvalue weighted by Crippen LogP contribution is -2.28. The Labute approximate surface area is 347 Å². The second-order valence-corrected chi connectivity index (χ2v) is 16.5. The molecule has 0 fully saturated rings. The van der Waals surface area contributed by atoms with E-state index in [1.165, 1.54) is 77.9 Å². The molecular formula is C58H43N. The molecule has 0 atom stereocenters. The Balaban J connectivity index is 1.09. The van der Waals surface area contributed by atoms with Crippen LogP contribution in [0.2, 0.25) is 0 Å². The van der Waals surface area contributed by atoms with Crippen LogP contribution in [0.15, 0.2) is 224 Å². The molecule has 0 saturated heterocycles. The number of hydrogen-bond donors (Lipinski definition) is 0. The quantitative estimate of drug-likeness (QED) is 0.157. The summed E-state index contributed by atoms with van der Waals surface area (Å²) in [6.07, 6.45) is 0. The highest BCUT2D eigenvalue weighted by Gasteiger charge is 2.46. The Kier molecular flexibility index (Phi) is 8.13. The van der Waals surface area contributed by atoms with E-state index in [-0.39, 0.29) is 5.41 Å². The Morgan fingerprint density at radius 3 is 1.53 bits per heavy atom. The van der Waals surface area contributed by atoms with Gasteiger partial charge in [0.1, 0.15) is 0 Å². The van der Waals surface area contributed by atoms with E-state index < -0.39 is 5.41 Å². The minimum Gasteiger partial charge on any atom is -0.310 e. The first-order valence-corrected chi connectivity index (χ1v) is 20.7. The van der Waals surface area contributed by atoms with Crippen molar-refractivity contribution in [1.82, 2.24) is 0 Å². The fraction of sp³-hybridized carbons (Fsp3) is 0.0690. The molecule has 9 aromatic carbocycles. The van der Waals surface area contributed by atoms with Crippen molar-refractivity contribution in [2.24, 2.45) is 0 Å². The standard InChI is InChI=1S/C58H43N/c1-57(2)52-30-15-12-28-48(52)50-35-34-46(39-55(50)57)59(56-32-17-14-27-47(56)40-19-6-3-7-20-40)45-26-18-21-41(37-45)42-33-36-54-51(38-42)49-29-13-16-31-53(49)58(54,43-22-8-4-9-23-43)44-24-10-5-11-25-44/h3-39H,1-2H3. The van der Waals surface area contributed by atoms with Crippen LogP contribution in [-0.4, -0.2) is 0 Å². The third-order valence-corrected chi connectivity index (χ3v) is 13.0. The van der Waals surface area contributed by atoms with Gasteiger partial charge in [0, 0.05) is 22.4 Å². The summed E-state index contributed by atoms with van der Waals surface area (Å²) in [5, 5.41) is 0. The van der Waals surface area contributed by atoms with E-state index in [1.807, 2.05) is 0 Å². The summed E-state index contributed by atoms with van der Waals surface area (Å²) in [6.45, 7) is 4.72. The maximum atomic E-state index is 2.46. The van der Waals surface area contributed by atoms with Crippen molar-refractivity contribution >= 4 is 17.1 Å². The molecule has 0 saturated carbocycles. The first-order valence-electron chi connectivity index (χ1n) is 20.7. The van der Waals surface area contributed by atoms with Crippen molar-refractivity contribution in [3.63, 3.8) is 0 Å². The Bertz CT molecular complexity index is 2970. The van der Waals surface area contributed by atoms with E-state index >= 15 is 0 Å². The van der Waals surface area contributed by atoms with Crippen LogP contribution >= 0.6 is 0 Å². The van der Waals surface area contributed by atoms with E-state index in [9.17, 15) is 0 Å². The van der Waals surface area contributed by atoms with Crippen LogP contribution < -0.4 is 4.90 Å².